The van der Waals surface area contributed by atoms with Crippen LogP contribution in [0.3, 0.4) is 0 Å². The lowest BCUT2D eigenvalue weighted by Crippen LogP contribution is -2.03. The molecule has 1 unspecified atom stereocenters. The van der Waals surface area contributed by atoms with Gasteiger partial charge in [-0.1, -0.05) is 60.7 Å². The molecule has 1 aromatic carbocycles. The lowest BCUT2D eigenvalue weighted by atomic mass is 9.90. The van der Waals surface area contributed by atoms with E-state index < -0.39 is 0 Å². The van der Waals surface area contributed by atoms with Crippen LogP contribution in [0.2, 0.25) is 0 Å². The minimum atomic E-state index is 0.711. The van der Waals surface area contributed by atoms with Crippen molar-refractivity contribution in [3.63, 3.8) is 0 Å². The van der Waals surface area contributed by atoms with Gasteiger partial charge in [0.25, 0.3) is 0 Å². The van der Waals surface area contributed by atoms with Crippen molar-refractivity contribution in [2.24, 2.45) is 5.92 Å². The number of allylic oxidation sites excluding steroid dienone is 6. The van der Waals surface area contributed by atoms with Crippen LogP contribution >= 0.6 is 0 Å². The average molecular weight is 377 g/mol. The van der Waals surface area contributed by atoms with Crippen LogP contribution in [0.1, 0.15) is 60.8 Å². The van der Waals surface area contributed by atoms with E-state index in [1.54, 1.807) is 0 Å². The zero-order chi connectivity index (χ0) is 20.2. The highest BCUT2D eigenvalue weighted by atomic mass is 16.5. The van der Waals surface area contributed by atoms with E-state index in [2.05, 4.69) is 69.2 Å². The van der Waals surface area contributed by atoms with Gasteiger partial charge >= 0.3 is 0 Å². The van der Waals surface area contributed by atoms with Gasteiger partial charge in [-0.05, 0) is 80.1 Å². The Hall–Kier alpha value is -2.12. The Labute approximate surface area is 172 Å². The van der Waals surface area contributed by atoms with Crippen molar-refractivity contribution in [1.29, 1.82) is 0 Å². The van der Waals surface area contributed by atoms with Gasteiger partial charge in [0.2, 0.25) is 0 Å². The highest BCUT2D eigenvalue weighted by Crippen LogP contribution is 2.36. The second-order valence-electron chi connectivity index (χ2n) is 7.55. The molecule has 1 saturated heterocycles. The van der Waals surface area contributed by atoms with Gasteiger partial charge in [0, 0.05) is 13.2 Å². The molecule has 28 heavy (non-hydrogen) atoms. The Bertz CT molecular complexity index is 705. The first kappa shape index (κ1) is 22.2. The molecular formula is C27H36O. The molecule has 0 N–H and O–H groups in total. The van der Waals surface area contributed by atoms with E-state index in [9.17, 15) is 0 Å². The molecule has 0 amide bonds. The Morgan fingerprint density at radius 1 is 1.11 bits per heavy atom. The summed E-state index contributed by atoms with van der Waals surface area (Å²) in [6.07, 6.45) is 22.0. The maximum atomic E-state index is 5.07. The van der Waals surface area contributed by atoms with Crippen LogP contribution < -0.4 is 0 Å². The first-order chi connectivity index (χ1) is 13.8. The molecule has 0 aromatic heterocycles. The fourth-order valence-corrected chi connectivity index (χ4v) is 4.04. The van der Waals surface area contributed by atoms with Gasteiger partial charge in [-0.15, -0.1) is 13.2 Å². The first-order valence-electron chi connectivity index (χ1n) is 10.6. The predicted octanol–water partition coefficient (Wildman–Crippen LogP) is 7.48. The maximum Gasteiger partial charge on any atom is 0.0466 e. The quantitative estimate of drug-likeness (QED) is 0.495. The van der Waals surface area contributed by atoms with E-state index in [1.807, 2.05) is 6.08 Å². The number of hydrogen-bond donors (Lipinski definition) is 0. The lowest BCUT2D eigenvalue weighted by molar-refractivity contribution is 0.0968. The van der Waals surface area contributed by atoms with Crippen molar-refractivity contribution < 1.29 is 4.74 Å². The summed E-state index contributed by atoms with van der Waals surface area (Å²) < 4.78 is 5.07. The highest BCUT2D eigenvalue weighted by Gasteiger charge is 2.18. The number of hydrogen-bond acceptors (Lipinski definition) is 1. The summed E-state index contributed by atoms with van der Waals surface area (Å²) in [6.45, 7) is 14.2. The summed E-state index contributed by atoms with van der Waals surface area (Å²) in [5, 5.41) is 0. The number of rotatable bonds is 4. The zero-order valence-electron chi connectivity index (χ0n) is 17.6. The smallest absolute Gasteiger partial charge is 0.0466 e. The van der Waals surface area contributed by atoms with Crippen molar-refractivity contribution >= 4 is 11.6 Å². The van der Waals surface area contributed by atoms with Crippen molar-refractivity contribution in [2.75, 3.05) is 13.2 Å². The van der Waals surface area contributed by atoms with Gasteiger partial charge in [-0.3, -0.25) is 0 Å². The standard InChI is InChI=1S/C20H22.C5H10O.C2H4/c1-3-17-13-15(2)14-19-12-11-18(20(17)19)10-9-16-7-5-4-6-8-16;1-2-4-6-5-3-1;1-2/h3-7,11,13-14,16H,1,8-10,12H2,2H3;1-5H2;1-2H2. The third kappa shape index (κ3) is 6.49. The van der Waals surface area contributed by atoms with Crippen LogP contribution in [0.25, 0.3) is 11.6 Å². The molecule has 1 heterocycles. The second-order valence-corrected chi connectivity index (χ2v) is 7.55. The Kier molecular flexibility index (Phi) is 9.79. The van der Waals surface area contributed by atoms with Crippen LogP contribution in [0.15, 0.2) is 62.2 Å². The molecule has 0 saturated carbocycles. The molecule has 1 aliphatic heterocycles. The third-order valence-electron chi connectivity index (χ3n) is 5.44. The summed E-state index contributed by atoms with van der Waals surface area (Å²) >= 11 is 0. The average Bonchev–Trinajstić information content (AvgIpc) is 3.18. The van der Waals surface area contributed by atoms with Crippen LogP contribution in [0.5, 0.6) is 0 Å². The maximum absolute atomic E-state index is 5.07. The molecule has 1 aromatic rings. The van der Waals surface area contributed by atoms with E-state index in [0.717, 1.165) is 19.6 Å². The Morgan fingerprint density at radius 2 is 1.89 bits per heavy atom. The van der Waals surface area contributed by atoms with E-state index in [0.29, 0.717) is 5.92 Å². The summed E-state index contributed by atoms with van der Waals surface area (Å²) in [4.78, 5) is 0. The van der Waals surface area contributed by atoms with E-state index in [1.165, 1.54) is 66.4 Å². The van der Waals surface area contributed by atoms with E-state index >= 15 is 0 Å². The molecule has 0 radical (unpaired) electrons. The second kappa shape index (κ2) is 12.4. The number of benzene rings is 1. The van der Waals surface area contributed by atoms with Gasteiger partial charge in [0.05, 0.1) is 0 Å². The molecule has 0 bridgehead atoms. The molecule has 1 atom stereocenters. The van der Waals surface area contributed by atoms with Crippen molar-refractivity contribution in [3.05, 3.63) is 84.5 Å². The molecule has 3 aliphatic rings. The summed E-state index contributed by atoms with van der Waals surface area (Å²) in [5.41, 5.74) is 7.12. The van der Waals surface area contributed by atoms with Crippen LogP contribution in [-0.4, -0.2) is 13.2 Å². The van der Waals surface area contributed by atoms with E-state index in [4.69, 9.17) is 4.74 Å². The highest BCUT2D eigenvalue weighted by molar-refractivity contribution is 5.80. The fourth-order valence-electron chi connectivity index (χ4n) is 4.04. The molecule has 4 rings (SSSR count). The first-order valence-corrected chi connectivity index (χ1v) is 10.6. The number of ether oxygens (including phenoxy) is 1. The van der Waals surface area contributed by atoms with Gasteiger partial charge in [-0.25, -0.2) is 0 Å². The summed E-state index contributed by atoms with van der Waals surface area (Å²) in [7, 11) is 0. The Balaban J connectivity index is 0.000000296. The third-order valence-corrected chi connectivity index (χ3v) is 5.44. The summed E-state index contributed by atoms with van der Waals surface area (Å²) in [6, 6.07) is 4.59. The SMILES string of the molecule is C1CCOCC1.C=C.C=Cc1cc(C)cc2c1C(CCC1C=CC=CC1)=CC2. The fraction of sp³-hybridized carbons (Fsp3) is 0.407. The Morgan fingerprint density at radius 3 is 2.46 bits per heavy atom. The zero-order valence-corrected chi connectivity index (χ0v) is 17.6. The summed E-state index contributed by atoms with van der Waals surface area (Å²) in [5.74, 6) is 0.711. The molecule has 1 heteroatoms. The van der Waals surface area contributed by atoms with Crippen molar-refractivity contribution in [2.45, 2.75) is 51.9 Å². The molecule has 2 aliphatic carbocycles. The number of aryl methyl sites for hydroxylation is 1. The predicted molar refractivity (Wildman–Crippen MR) is 124 cm³/mol. The molecule has 150 valence electrons. The number of fused-ring (bicyclic) bond motifs is 1. The van der Waals surface area contributed by atoms with Gasteiger partial charge in [0.15, 0.2) is 0 Å². The minimum absolute atomic E-state index is 0.711. The monoisotopic (exact) mass is 376 g/mol. The lowest BCUT2D eigenvalue weighted by Gasteiger charge is -2.15. The van der Waals surface area contributed by atoms with Crippen LogP contribution in [0, 0.1) is 12.8 Å². The van der Waals surface area contributed by atoms with Gasteiger partial charge < -0.3 is 4.74 Å². The topological polar surface area (TPSA) is 9.23 Å². The molecular weight excluding hydrogens is 340 g/mol. The molecule has 0 spiro atoms. The van der Waals surface area contributed by atoms with Crippen LogP contribution in [0.4, 0.5) is 0 Å². The van der Waals surface area contributed by atoms with Gasteiger partial charge in [-0.2, -0.15) is 0 Å². The van der Waals surface area contributed by atoms with Crippen molar-refractivity contribution in [1.82, 2.24) is 0 Å². The van der Waals surface area contributed by atoms with Crippen LogP contribution in [-0.2, 0) is 11.2 Å². The molecule has 1 fully saturated rings. The minimum Gasteiger partial charge on any atom is -0.381 e. The largest absolute Gasteiger partial charge is 0.381 e. The van der Waals surface area contributed by atoms with Crippen molar-refractivity contribution in [3.8, 4) is 0 Å². The normalized spacial score (nSPS) is 19.5. The van der Waals surface area contributed by atoms with E-state index in [-0.39, 0.29) is 0 Å². The molecule has 1 nitrogen and oxygen atoms in total. The van der Waals surface area contributed by atoms with Gasteiger partial charge in [0.1, 0.15) is 0 Å².